The molecule has 10 heteroatoms. The Morgan fingerprint density at radius 2 is 1.27 bits per heavy atom. The lowest BCUT2D eigenvalue weighted by atomic mass is 12.0. The molecule has 2 aliphatic heterocycles. The number of hydrogen-bond donors (Lipinski definition) is 0. The Morgan fingerprint density at radius 1 is 0.667 bits per heavy atom. The quantitative estimate of drug-likeness (QED) is 0.365. The summed E-state index contributed by atoms with van der Waals surface area (Å²) < 4.78 is 0. The van der Waals surface area contributed by atoms with Gasteiger partial charge in [0.25, 0.3) is 0 Å². The van der Waals surface area contributed by atoms with Crippen molar-refractivity contribution >= 4 is 74.3 Å². The minimum absolute atomic E-state index is 0.508. The third-order valence-corrected chi connectivity index (χ3v) is 103. The van der Waals surface area contributed by atoms with E-state index < -0.39 is 0 Å². The second kappa shape index (κ2) is 6.84. The van der Waals surface area contributed by atoms with Gasteiger partial charge in [0.15, 0.2) is 0 Å². The Labute approximate surface area is 107 Å². The van der Waals surface area contributed by atoms with Crippen LogP contribution in [-0.4, -0.2) is 33.3 Å². The molecule has 0 aromatic rings. The van der Waals surface area contributed by atoms with Crippen LogP contribution in [0.3, 0.4) is 0 Å². The molecule has 0 N–H and O–H groups in total. The van der Waals surface area contributed by atoms with Gasteiger partial charge in [0.2, 0.25) is 0 Å². The van der Waals surface area contributed by atoms with Crippen molar-refractivity contribution in [1.29, 1.82) is 0 Å². The van der Waals surface area contributed by atoms with Gasteiger partial charge in [0.1, 0.15) is 0 Å². The summed E-state index contributed by atoms with van der Waals surface area (Å²) >= 11 is 0. The maximum absolute atomic E-state index is 2.71. The van der Waals surface area contributed by atoms with E-state index in [2.05, 4.69) is 33.3 Å². The van der Waals surface area contributed by atoms with Crippen LogP contribution in [0.5, 0.6) is 0 Å². The Balaban J connectivity index is 2.22. The predicted molar refractivity (Wildman–Crippen MR) is 103 cm³/mol. The number of hydrogen-bond acceptors (Lipinski definition) is 0. The van der Waals surface area contributed by atoms with Gasteiger partial charge >= 0.3 is 0 Å². The monoisotopic (exact) mass is 388 g/mol. The highest BCUT2D eigenvalue weighted by molar-refractivity contribution is 9.29. The summed E-state index contributed by atoms with van der Waals surface area (Å²) in [4.78, 5) is 0. The molecule has 0 aliphatic carbocycles. The summed E-state index contributed by atoms with van der Waals surface area (Å²) in [6.45, 7) is 14.7. The second-order valence-corrected chi connectivity index (χ2v) is 55.0. The molecule has 10 atom stereocenters. The van der Waals surface area contributed by atoms with E-state index in [1.54, 1.807) is 0 Å². The van der Waals surface area contributed by atoms with Crippen molar-refractivity contribution in [1.82, 2.24) is 0 Å². The van der Waals surface area contributed by atoms with Crippen molar-refractivity contribution in [3.63, 3.8) is 0 Å². The molecule has 88 valence electrons. The van der Waals surface area contributed by atoms with Gasteiger partial charge in [-0.25, -0.2) is 0 Å². The van der Waals surface area contributed by atoms with Crippen LogP contribution in [0.25, 0.3) is 0 Å². The molecule has 2 fully saturated rings. The number of fused-ring (bicyclic) bond motifs is 1. The third-order valence-electron chi connectivity index (χ3n) is 2.60. The van der Waals surface area contributed by atoms with Crippen molar-refractivity contribution in [3.8, 4) is 0 Å². The summed E-state index contributed by atoms with van der Waals surface area (Å²) in [6, 6.07) is 0. The van der Waals surface area contributed by atoms with Crippen LogP contribution in [-0.2, 0) is 0 Å². The molecule has 0 saturated carbocycles. The van der Waals surface area contributed by atoms with Crippen molar-refractivity contribution in [2.24, 2.45) is 0 Å². The first-order valence-corrected chi connectivity index (χ1v) is 27.8. The largest absolute Gasteiger partial charge is 0.0668 e. The van der Waals surface area contributed by atoms with Crippen LogP contribution in [0.2, 0.25) is 0 Å². The highest BCUT2D eigenvalue weighted by atomic mass is 33.3. The Bertz CT molecular complexity index is 234. The van der Waals surface area contributed by atoms with Crippen molar-refractivity contribution in [2.75, 3.05) is 33.3 Å². The standard InChI is InChI=1S/C5H18P10/c1-9-7-6-8-14-12(4)10(2)11(3)13(5)15(9)14/h6-8H,1-5H3. The van der Waals surface area contributed by atoms with E-state index in [0.717, 1.165) is 0 Å². The van der Waals surface area contributed by atoms with E-state index in [9.17, 15) is 0 Å². The molecular formula is C5H18P10. The average Bonchev–Trinajstić information content (AvgIpc) is 2.23. The molecule has 10 unspecified atom stereocenters. The topological polar surface area (TPSA) is 0 Å². The van der Waals surface area contributed by atoms with Crippen LogP contribution in [0.15, 0.2) is 0 Å². The van der Waals surface area contributed by atoms with Gasteiger partial charge in [0.05, 0.1) is 0 Å². The Morgan fingerprint density at radius 3 is 1.93 bits per heavy atom. The highest BCUT2D eigenvalue weighted by Gasteiger charge is 2.46. The van der Waals surface area contributed by atoms with E-state index in [0.29, 0.717) is 50.5 Å². The van der Waals surface area contributed by atoms with Crippen LogP contribution in [0.1, 0.15) is 0 Å². The van der Waals surface area contributed by atoms with E-state index in [1.165, 1.54) is 23.9 Å². The molecule has 2 rings (SSSR count). The summed E-state index contributed by atoms with van der Waals surface area (Å²) in [6.07, 6.45) is 0. The molecule has 2 aliphatic rings. The second-order valence-electron chi connectivity index (χ2n) is 3.39. The van der Waals surface area contributed by atoms with Gasteiger partial charge in [-0.05, 0) is 83.8 Å². The van der Waals surface area contributed by atoms with Gasteiger partial charge in [-0.2, -0.15) is 0 Å². The molecule has 0 nitrogen and oxygen atoms in total. The molecule has 15 heavy (non-hydrogen) atoms. The molecule has 0 aromatic heterocycles. The average molecular weight is 388 g/mol. The Hall–Kier alpha value is 4.30. The van der Waals surface area contributed by atoms with Gasteiger partial charge in [-0.3, -0.25) is 0 Å². The molecule has 2 saturated heterocycles. The molecule has 0 bridgehead atoms. The first-order valence-electron chi connectivity index (χ1n) is 4.58. The van der Waals surface area contributed by atoms with Gasteiger partial charge in [-0.1, -0.05) is 23.9 Å². The lowest BCUT2D eigenvalue weighted by Gasteiger charge is -2.52. The molecule has 2 heterocycles. The molecule has 0 radical (unpaired) electrons. The molecular weight excluding hydrogens is 370 g/mol. The van der Waals surface area contributed by atoms with E-state index in [4.69, 9.17) is 0 Å². The fourth-order valence-corrected chi connectivity index (χ4v) is 180. The van der Waals surface area contributed by atoms with E-state index in [-0.39, 0.29) is 0 Å². The van der Waals surface area contributed by atoms with Gasteiger partial charge in [-0.15, -0.1) is 0 Å². The van der Waals surface area contributed by atoms with Crippen molar-refractivity contribution < 1.29 is 0 Å². The summed E-state index contributed by atoms with van der Waals surface area (Å²) in [5.74, 6) is 0. The van der Waals surface area contributed by atoms with Gasteiger partial charge < -0.3 is 0 Å². The normalized spacial score (nSPS) is 61.0. The predicted octanol–water partition coefficient (Wildman–Crippen LogP) is 8.64. The minimum Gasteiger partial charge on any atom is -0.0668 e. The van der Waals surface area contributed by atoms with Crippen LogP contribution >= 0.6 is 74.3 Å². The van der Waals surface area contributed by atoms with E-state index in [1.807, 2.05) is 0 Å². The zero-order chi connectivity index (χ0) is 11.2. The highest BCUT2D eigenvalue weighted by Crippen LogP contribution is 3.30. The first kappa shape index (κ1) is 15.7. The van der Waals surface area contributed by atoms with Crippen molar-refractivity contribution in [2.45, 2.75) is 0 Å². The van der Waals surface area contributed by atoms with E-state index >= 15 is 0 Å². The first-order chi connectivity index (χ1) is 7.04. The molecule has 0 amide bonds. The zero-order valence-electron chi connectivity index (χ0n) is 9.63. The maximum atomic E-state index is 2.71. The minimum atomic E-state index is 0.508. The fraction of sp³-hybridized carbons (Fsp3) is 1.00. The van der Waals surface area contributed by atoms with Crippen LogP contribution in [0.4, 0.5) is 0 Å². The molecule has 0 aromatic carbocycles. The summed E-state index contributed by atoms with van der Waals surface area (Å²) in [7, 11) is 6.99. The maximum Gasteiger partial charge on any atom is -0.0129 e. The van der Waals surface area contributed by atoms with Crippen molar-refractivity contribution in [3.05, 3.63) is 0 Å². The van der Waals surface area contributed by atoms with Crippen LogP contribution in [0, 0.1) is 0 Å². The summed E-state index contributed by atoms with van der Waals surface area (Å²) in [5, 5.41) is 0. The smallest absolute Gasteiger partial charge is 0.0129 e. The summed E-state index contributed by atoms with van der Waals surface area (Å²) in [5.41, 5.74) is 0. The fourth-order valence-electron chi connectivity index (χ4n) is 1.49. The zero-order valence-corrected chi connectivity index (χ0v) is 18.9. The third kappa shape index (κ3) is 3.31. The lowest BCUT2D eigenvalue weighted by molar-refractivity contribution is 2.40. The lowest BCUT2D eigenvalue weighted by Crippen LogP contribution is -1.77. The number of rotatable bonds is 0. The molecule has 0 spiro atoms. The Kier molecular flexibility index (Phi) is 7.15. The SMILES string of the molecule is CP1PPPP2P(C)P(C)P(C)P(C)P12. The van der Waals surface area contributed by atoms with Crippen LogP contribution < -0.4 is 0 Å². The van der Waals surface area contributed by atoms with Gasteiger partial charge in [0, 0.05) is 0 Å².